The van der Waals surface area contributed by atoms with Crippen molar-refractivity contribution in [2.45, 2.75) is 37.5 Å². The van der Waals surface area contributed by atoms with Gasteiger partial charge in [0.1, 0.15) is 12.7 Å². The normalized spacial score (nSPS) is 18.2. The first-order valence-corrected chi connectivity index (χ1v) is 9.62. The Kier molecular flexibility index (Phi) is 7.41. The number of aromatic nitrogens is 4. The molecule has 2 heterocycles. The predicted octanol–water partition coefficient (Wildman–Crippen LogP) is 1.60. The van der Waals surface area contributed by atoms with E-state index in [1.165, 1.54) is 30.3 Å². The number of aliphatic hydroxyl groups is 1. The SMILES string of the molecule is O=C1NC[C@H](/C=C/C(O)C(F)(F)c2ccccc2)N1CCCCOCc1nn[nH]n1. The Balaban J connectivity index is 1.45. The molecular weight excluding hydrogens is 398 g/mol. The van der Waals surface area contributed by atoms with E-state index in [9.17, 15) is 18.7 Å². The second-order valence-corrected chi connectivity index (χ2v) is 6.85. The van der Waals surface area contributed by atoms with Crippen LogP contribution in [-0.2, 0) is 17.3 Å². The highest BCUT2D eigenvalue weighted by Crippen LogP contribution is 2.32. The lowest BCUT2D eigenvalue weighted by Crippen LogP contribution is -2.35. The number of hydrogen-bond donors (Lipinski definition) is 3. The Morgan fingerprint density at radius 1 is 1.33 bits per heavy atom. The van der Waals surface area contributed by atoms with E-state index in [2.05, 4.69) is 25.9 Å². The molecule has 9 nitrogen and oxygen atoms in total. The summed E-state index contributed by atoms with van der Waals surface area (Å²) in [6, 6.07) is 6.49. The third-order valence-corrected chi connectivity index (χ3v) is 4.73. The average Bonchev–Trinajstić information content (AvgIpc) is 3.39. The van der Waals surface area contributed by atoms with Crippen LogP contribution in [0.5, 0.6) is 0 Å². The summed E-state index contributed by atoms with van der Waals surface area (Å²) in [6.07, 6.45) is 1.89. The fraction of sp³-hybridized carbons (Fsp3) is 0.474. The molecule has 1 aromatic carbocycles. The molecule has 0 aliphatic carbocycles. The first-order valence-electron chi connectivity index (χ1n) is 9.62. The van der Waals surface area contributed by atoms with E-state index in [0.29, 0.717) is 38.4 Å². The van der Waals surface area contributed by atoms with Gasteiger partial charge in [0.15, 0.2) is 5.82 Å². The number of H-pyrrole nitrogens is 1. The molecule has 1 aliphatic rings. The van der Waals surface area contributed by atoms with Gasteiger partial charge in [0.25, 0.3) is 0 Å². The molecule has 2 aromatic rings. The second kappa shape index (κ2) is 10.2. The summed E-state index contributed by atoms with van der Waals surface area (Å²) in [5.74, 6) is -2.96. The number of rotatable bonds is 11. The smallest absolute Gasteiger partial charge is 0.318 e. The van der Waals surface area contributed by atoms with Crippen molar-refractivity contribution in [2.24, 2.45) is 0 Å². The standard InChI is InChI=1S/C19H24F2N6O3/c20-19(21,14-6-2-1-3-7-14)16(28)9-8-15-12-22-18(29)27(15)10-4-5-11-30-13-17-23-25-26-24-17/h1-3,6-9,15-16,28H,4-5,10-13H2,(H,22,29)(H,23,24,25,26)/b9-8+/t15-,16?/m0/s1. The Labute approximate surface area is 172 Å². The summed E-state index contributed by atoms with van der Waals surface area (Å²) in [4.78, 5) is 13.6. The van der Waals surface area contributed by atoms with E-state index in [-0.39, 0.29) is 18.2 Å². The number of carbonyl (C=O) groups excluding carboxylic acids is 1. The number of alkyl halides is 2. The van der Waals surface area contributed by atoms with E-state index in [1.807, 2.05) is 0 Å². The highest BCUT2D eigenvalue weighted by atomic mass is 19.3. The van der Waals surface area contributed by atoms with Crippen molar-refractivity contribution in [3.63, 3.8) is 0 Å². The molecule has 11 heteroatoms. The van der Waals surface area contributed by atoms with Crippen molar-refractivity contribution in [3.8, 4) is 0 Å². The molecule has 3 rings (SSSR count). The van der Waals surface area contributed by atoms with Crippen molar-refractivity contribution < 1.29 is 23.4 Å². The molecular formula is C19H24F2N6O3. The number of aliphatic hydroxyl groups excluding tert-OH is 1. The monoisotopic (exact) mass is 422 g/mol. The van der Waals surface area contributed by atoms with Crippen molar-refractivity contribution in [1.29, 1.82) is 0 Å². The molecule has 3 N–H and O–H groups in total. The van der Waals surface area contributed by atoms with Crippen LogP contribution in [0.4, 0.5) is 13.6 Å². The Hall–Kier alpha value is -2.92. The summed E-state index contributed by atoms with van der Waals surface area (Å²) in [6.45, 7) is 1.46. The first kappa shape index (κ1) is 21.8. The van der Waals surface area contributed by atoms with Crippen LogP contribution in [0.2, 0.25) is 0 Å². The minimum atomic E-state index is -3.42. The molecule has 0 spiro atoms. The minimum absolute atomic E-state index is 0.250. The fourth-order valence-electron chi connectivity index (χ4n) is 3.07. The van der Waals surface area contributed by atoms with E-state index in [4.69, 9.17) is 4.74 Å². The van der Waals surface area contributed by atoms with Gasteiger partial charge in [-0.2, -0.15) is 14.0 Å². The van der Waals surface area contributed by atoms with Gasteiger partial charge in [-0.05, 0) is 12.8 Å². The highest BCUT2D eigenvalue weighted by Gasteiger charge is 2.39. The molecule has 30 heavy (non-hydrogen) atoms. The fourth-order valence-corrected chi connectivity index (χ4v) is 3.07. The van der Waals surface area contributed by atoms with Gasteiger partial charge in [-0.3, -0.25) is 0 Å². The first-order chi connectivity index (χ1) is 14.5. The zero-order valence-corrected chi connectivity index (χ0v) is 16.2. The van der Waals surface area contributed by atoms with Gasteiger partial charge in [-0.1, -0.05) is 47.7 Å². The number of ether oxygens (including phenoxy) is 1. The third-order valence-electron chi connectivity index (χ3n) is 4.73. The number of nitrogens with one attached hydrogen (secondary N) is 2. The number of tetrazole rings is 1. The van der Waals surface area contributed by atoms with Crippen LogP contribution in [0.25, 0.3) is 0 Å². The van der Waals surface area contributed by atoms with Gasteiger partial charge in [0, 0.05) is 25.3 Å². The quantitative estimate of drug-likeness (QED) is 0.374. The molecule has 0 saturated carbocycles. The zero-order valence-electron chi connectivity index (χ0n) is 16.2. The van der Waals surface area contributed by atoms with E-state index in [1.54, 1.807) is 11.0 Å². The second-order valence-electron chi connectivity index (χ2n) is 6.85. The molecule has 2 amide bonds. The predicted molar refractivity (Wildman–Crippen MR) is 102 cm³/mol. The highest BCUT2D eigenvalue weighted by molar-refractivity contribution is 5.77. The molecule has 0 bridgehead atoms. The molecule has 1 aromatic heterocycles. The number of hydrogen-bond acceptors (Lipinski definition) is 6. The lowest BCUT2D eigenvalue weighted by atomic mass is 10.0. The van der Waals surface area contributed by atoms with Crippen molar-refractivity contribution in [1.82, 2.24) is 30.8 Å². The van der Waals surface area contributed by atoms with Crippen LogP contribution in [0.1, 0.15) is 24.2 Å². The molecule has 1 saturated heterocycles. The summed E-state index contributed by atoms with van der Waals surface area (Å²) in [5, 5.41) is 26.0. The number of unbranched alkanes of at least 4 members (excludes halogenated alkanes) is 1. The topological polar surface area (TPSA) is 116 Å². The van der Waals surface area contributed by atoms with Crippen LogP contribution >= 0.6 is 0 Å². The van der Waals surface area contributed by atoms with Gasteiger partial charge in [0.2, 0.25) is 0 Å². The van der Waals surface area contributed by atoms with Crippen LogP contribution in [0.15, 0.2) is 42.5 Å². The molecule has 1 unspecified atom stereocenters. The van der Waals surface area contributed by atoms with Gasteiger partial charge in [-0.25, -0.2) is 4.79 Å². The summed E-state index contributed by atoms with van der Waals surface area (Å²) >= 11 is 0. The number of nitrogens with zero attached hydrogens (tertiary/aromatic N) is 4. The van der Waals surface area contributed by atoms with Crippen LogP contribution in [0.3, 0.4) is 0 Å². The number of carbonyl (C=O) groups is 1. The van der Waals surface area contributed by atoms with Gasteiger partial charge < -0.3 is 20.1 Å². The molecule has 1 fully saturated rings. The van der Waals surface area contributed by atoms with Crippen molar-refractivity contribution in [3.05, 3.63) is 53.9 Å². The number of urea groups is 1. The Bertz CT molecular complexity index is 819. The Morgan fingerprint density at radius 2 is 2.13 bits per heavy atom. The molecule has 2 atom stereocenters. The lowest BCUT2D eigenvalue weighted by Gasteiger charge is -2.23. The molecule has 162 valence electrons. The minimum Gasteiger partial charge on any atom is -0.382 e. The van der Waals surface area contributed by atoms with Gasteiger partial charge in [-0.15, -0.1) is 10.2 Å². The maximum Gasteiger partial charge on any atom is 0.318 e. The van der Waals surface area contributed by atoms with E-state index >= 15 is 0 Å². The van der Waals surface area contributed by atoms with Crippen molar-refractivity contribution in [2.75, 3.05) is 19.7 Å². The lowest BCUT2D eigenvalue weighted by molar-refractivity contribution is -0.0929. The summed E-state index contributed by atoms with van der Waals surface area (Å²) in [7, 11) is 0. The van der Waals surface area contributed by atoms with Gasteiger partial charge in [0.05, 0.1) is 6.04 Å². The van der Waals surface area contributed by atoms with Crippen molar-refractivity contribution >= 4 is 6.03 Å². The number of halogens is 2. The van der Waals surface area contributed by atoms with E-state index < -0.39 is 18.1 Å². The van der Waals surface area contributed by atoms with Crippen LogP contribution < -0.4 is 5.32 Å². The van der Waals surface area contributed by atoms with Crippen LogP contribution in [0, 0.1) is 0 Å². The van der Waals surface area contributed by atoms with E-state index in [0.717, 1.165) is 6.08 Å². The number of amides is 2. The number of benzene rings is 1. The maximum atomic E-state index is 14.4. The largest absolute Gasteiger partial charge is 0.382 e. The maximum absolute atomic E-state index is 14.4. The summed E-state index contributed by atoms with van der Waals surface area (Å²) < 4.78 is 34.2. The van der Waals surface area contributed by atoms with Gasteiger partial charge >= 0.3 is 12.0 Å². The number of aromatic amines is 1. The zero-order chi connectivity index (χ0) is 21.4. The van der Waals surface area contributed by atoms with Crippen LogP contribution in [-0.4, -0.2) is 68.5 Å². The third kappa shape index (κ3) is 5.57. The average molecular weight is 422 g/mol. The molecule has 1 aliphatic heterocycles. The summed E-state index contributed by atoms with van der Waals surface area (Å²) in [5.41, 5.74) is -0.263. The Morgan fingerprint density at radius 3 is 2.87 bits per heavy atom. The molecule has 0 radical (unpaired) electrons.